The van der Waals surface area contributed by atoms with Gasteiger partial charge in [0.15, 0.2) is 0 Å². The van der Waals surface area contributed by atoms with Crippen molar-refractivity contribution in [1.29, 1.82) is 0 Å². The Labute approximate surface area is 220 Å². The number of ether oxygens (including phenoxy) is 3. The molecule has 196 valence electrons. The quantitative estimate of drug-likeness (QED) is 0.374. The third-order valence-electron chi connectivity index (χ3n) is 7.05. The molecule has 3 aromatic carbocycles. The van der Waals surface area contributed by atoms with Crippen LogP contribution in [0.4, 0.5) is 0 Å². The molecule has 0 unspecified atom stereocenters. The Morgan fingerprint density at radius 3 is 2.46 bits per heavy atom. The van der Waals surface area contributed by atoms with Crippen molar-refractivity contribution < 1.29 is 34.6 Å². The van der Waals surface area contributed by atoms with E-state index in [4.69, 9.17) is 25.8 Å². The molecule has 1 saturated heterocycles. The standard InChI is InChI=1S/C29H31ClO7/c1-29(14-19-4-2-3-5-23(19)37-29)16-35-21-9-6-17(7-10-21)12-20-13-18(8-11-22(20)30)28-27(34)26(33)25(32)24(15-31)36-28/h2-11,13,24-28,31-34H,12,14-16H2,1H3/t24-,25-,26+,27-,28+,29+/m1/s1. The van der Waals surface area contributed by atoms with Crippen molar-refractivity contribution in [2.75, 3.05) is 13.2 Å². The van der Waals surface area contributed by atoms with E-state index in [-0.39, 0.29) is 0 Å². The number of para-hydroxylation sites is 1. The van der Waals surface area contributed by atoms with Gasteiger partial charge in [-0.1, -0.05) is 54.1 Å². The Balaban J connectivity index is 1.24. The molecule has 0 saturated carbocycles. The second-order valence-electron chi connectivity index (χ2n) is 10.0. The van der Waals surface area contributed by atoms with E-state index in [9.17, 15) is 20.4 Å². The van der Waals surface area contributed by atoms with Crippen LogP contribution < -0.4 is 9.47 Å². The van der Waals surface area contributed by atoms with E-state index in [2.05, 4.69) is 6.07 Å². The Hall–Kier alpha value is -2.65. The van der Waals surface area contributed by atoms with Gasteiger partial charge >= 0.3 is 0 Å². The maximum absolute atomic E-state index is 10.5. The Kier molecular flexibility index (Phi) is 7.45. The number of aliphatic hydroxyl groups is 4. The van der Waals surface area contributed by atoms with Crippen molar-refractivity contribution in [3.8, 4) is 11.5 Å². The zero-order valence-electron chi connectivity index (χ0n) is 20.5. The number of fused-ring (bicyclic) bond motifs is 1. The Morgan fingerprint density at radius 1 is 0.973 bits per heavy atom. The molecule has 6 atom stereocenters. The Morgan fingerprint density at radius 2 is 1.73 bits per heavy atom. The van der Waals surface area contributed by atoms with Gasteiger partial charge < -0.3 is 34.6 Å². The van der Waals surface area contributed by atoms with Crippen molar-refractivity contribution >= 4 is 11.6 Å². The van der Waals surface area contributed by atoms with Gasteiger partial charge in [0.1, 0.15) is 54.2 Å². The smallest absolute Gasteiger partial charge is 0.144 e. The van der Waals surface area contributed by atoms with Crippen LogP contribution >= 0.6 is 11.6 Å². The van der Waals surface area contributed by atoms with Gasteiger partial charge in [-0.3, -0.25) is 0 Å². The van der Waals surface area contributed by atoms with Crippen LogP contribution in [0.1, 0.15) is 35.3 Å². The molecule has 5 rings (SSSR count). The molecule has 2 heterocycles. The number of hydrogen-bond donors (Lipinski definition) is 4. The van der Waals surface area contributed by atoms with E-state index in [1.165, 1.54) is 5.56 Å². The fourth-order valence-corrected chi connectivity index (χ4v) is 5.16. The summed E-state index contributed by atoms with van der Waals surface area (Å²) in [4.78, 5) is 0. The minimum Gasteiger partial charge on any atom is -0.489 e. The Bertz CT molecular complexity index is 1200. The summed E-state index contributed by atoms with van der Waals surface area (Å²) < 4.78 is 17.9. The van der Waals surface area contributed by atoms with Crippen molar-refractivity contribution in [3.05, 3.63) is 94.0 Å². The van der Waals surface area contributed by atoms with Crippen molar-refractivity contribution in [1.82, 2.24) is 0 Å². The van der Waals surface area contributed by atoms with E-state index in [1.54, 1.807) is 12.1 Å². The van der Waals surface area contributed by atoms with Gasteiger partial charge in [-0.05, 0) is 59.9 Å². The minimum atomic E-state index is -1.44. The van der Waals surface area contributed by atoms with Crippen LogP contribution in [0.25, 0.3) is 0 Å². The summed E-state index contributed by atoms with van der Waals surface area (Å²) in [5.41, 5.74) is 3.19. The zero-order valence-corrected chi connectivity index (χ0v) is 21.2. The molecule has 0 radical (unpaired) electrons. The van der Waals surface area contributed by atoms with Crippen molar-refractivity contribution in [3.63, 3.8) is 0 Å². The molecule has 0 bridgehead atoms. The van der Waals surface area contributed by atoms with Crippen molar-refractivity contribution in [2.24, 2.45) is 0 Å². The first-order chi connectivity index (χ1) is 17.8. The van der Waals surface area contributed by atoms with Gasteiger partial charge in [-0.15, -0.1) is 0 Å². The lowest BCUT2D eigenvalue weighted by Crippen LogP contribution is -2.55. The number of halogens is 1. The largest absolute Gasteiger partial charge is 0.489 e. The van der Waals surface area contributed by atoms with E-state index in [1.807, 2.05) is 55.5 Å². The third kappa shape index (κ3) is 5.48. The number of hydrogen-bond acceptors (Lipinski definition) is 7. The first kappa shape index (κ1) is 26.0. The van der Waals surface area contributed by atoms with Crippen LogP contribution in [0.3, 0.4) is 0 Å². The SMILES string of the molecule is C[C@@]1(COc2ccc(Cc3cc([C@@H]4O[C@H](CO)[C@@H](O)[C@H](O)[C@H]4O)ccc3Cl)cc2)Cc2ccccc2O1. The van der Waals surface area contributed by atoms with E-state index < -0.39 is 42.7 Å². The summed E-state index contributed by atoms with van der Waals surface area (Å²) in [6.45, 7) is 1.99. The highest BCUT2D eigenvalue weighted by atomic mass is 35.5. The first-order valence-corrected chi connectivity index (χ1v) is 12.7. The van der Waals surface area contributed by atoms with Crippen LogP contribution in [0, 0.1) is 0 Å². The second kappa shape index (κ2) is 10.6. The highest BCUT2D eigenvalue weighted by Crippen LogP contribution is 2.36. The van der Waals surface area contributed by atoms with Gasteiger partial charge in [0.25, 0.3) is 0 Å². The molecule has 4 N–H and O–H groups in total. The van der Waals surface area contributed by atoms with Crippen molar-refractivity contribution in [2.45, 2.75) is 55.9 Å². The van der Waals surface area contributed by atoms with Crippen LogP contribution in [0.15, 0.2) is 66.7 Å². The van der Waals surface area contributed by atoms with Gasteiger partial charge in [0, 0.05) is 11.4 Å². The highest BCUT2D eigenvalue weighted by molar-refractivity contribution is 6.31. The zero-order chi connectivity index (χ0) is 26.2. The molecule has 2 aliphatic heterocycles. The molecule has 0 spiro atoms. The molecule has 0 aliphatic carbocycles. The van der Waals surface area contributed by atoms with Crippen LogP contribution in [0.2, 0.25) is 5.02 Å². The fourth-order valence-electron chi connectivity index (χ4n) is 4.98. The predicted octanol–water partition coefficient (Wildman–Crippen LogP) is 3.22. The van der Waals surface area contributed by atoms with Crippen LogP contribution in [-0.4, -0.2) is 63.7 Å². The number of rotatable bonds is 7. The molecule has 0 aromatic heterocycles. The average Bonchev–Trinajstić information content (AvgIpc) is 3.25. The van der Waals surface area contributed by atoms with Gasteiger partial charge in [0.2, 0.25) is 0 Å². The number of aliphatic hydroxyl groups excluding tert-OH is 4. The summed E-state index contributed by atoms with van der Waals surface area (Å²) in [5.74, 6) is 1.65. The number of benzene rings is 3. The molecule has 8 heteroatoms. The molecular weight excluding hydrogens is 496 g/mol. The molecule has 7 nitrogen and oxygen atoms in total. The predicted molar refractivity (Wildman–Crippen MR) is 138 cm³/mol. The summed E-state index contributed by atoms with van der Waals surface area (Å²) in [6.07, 6.45) is -4.74. The molecule has 1 fully saturated rings. The average molecular weight is 527 g/mol. The topological polar surface area (TPSA) is 109 Å². The highest BCUT2D eigenvalue weighted by Gasteiger charge is 2.44. The lowest BCUT2D eigenvalue weighted by Gasteiger charge is -2.40. The van der Waals surface area contributed by atoms with Crippen LogP contribution in [-0.2, 0) is 17.6 Å². The summed E-state index contributed by atoms with van der Waals surface area (Å²) in [7, 11) is 0. The maximum atomic E-state index is 10.5. The van der Waals surface area contributed by atoms with E-state index in [0.29, 0.717) is 23.6 Å². The first-order valence-electron chi connectivity index (χ1n) is 12.3. The molecule has 3 aromatic rings. The normalized spacial score (nSPS) is 29.0. The van der Waals surface area contributed by atoms with Gasteiger partial charge in [0.05, 0.1) is 6.61 Å². The third-order valence-corrected chi connectivity index (χ3v) is 7.41. The summed E-state index contributed by atoms with van der Waals surface area (Å²) >= 11 is 6.47. The fraction of sp³-hybridized carbons (Fsp3) is 0.379. The lowest BCUT2D eigenvalue weighted by atomic mass is 9.90. The van der Waals surface area contributed by atoms with Gasteiger partial charge in [-0.25, -0.2) is 0 Å². The van der Waals surface area contributed by atoms with E-state index >= 15 is 0 Å². The van der Waals surface area contributed by atoms with E-state index in [0.717, 1.165) is 29.0 Å². The van der Waals surface area contributed by atoms with Crippen LogP contribution in [0.5, 0.6) is 11.5 Å². The maximum Gasteiger partial charge on any atom is 0.144 e. The second-order valence-corrected chi connectivity index (χ2v) is 10.5. The summed E-state index contributed by atoms with van der Waals surface area (Å²) in [5, 5.41) is 40.7. The monoisotopic (exact) mass is 526 g/mol. The molecular formula is C29H31ClO7. The van der Waals surface area contributed by atoms with Gasteiger partial charge in [-0.2, -0.15) is 0 Å². The lowest BCUT2D eigenvalue weighted by molar-refractivity contribution is -0.231. The minimum absolute atomic E-state index is 0.416. The molecule has 37 heavy (non-hydrogen) atoms. The molecule has 0 amide bonds. The molecule has 2 aliphatic rings. The summed E-state index contributed by atoms with van der Waals surface area (Å²) in [6, 6.07) is 21.0.